The molecule has 1 aromatic rings. The molecule has 24 heavy (non-hydrogen) atoms. The van der Waals surface area contributed by atoms with Crippen molar-refractivity contribution in [3.05, 3.63) is 29.6 Å². The molecule has 0 bridgehead atoms. The van der Waals surface area contributed by atoms with E-state index in [1.54, 1.807) is 6.07 Å². The molecular formula is C14H21Cl2FN4O2S. The van der Waals surface area contributed by atoms with Gasteiger partial charge in [0.2, 0.25) is 10.0 Å². The van der Waals surface area contributed by atoms with Gasteiger partial charge in [0.25, 0.3) is 0 Å². The normalized spacial score (nSPS) is 15.0. The summed E-state index contributed by atoms with van der Waals surface area (Å²) in [6.07, 6.45) is 0.664. The first-order valence-corrected chi connectivity index (χ1v) is 8.63. The minimum Gasteiger partial charge on any atom is -0.314 e. The molecule has 1 saturated heterocycles. The third-order valence-electron chi connectivity index (χ3n) is 3.50. The zero-order valence-corrected chi connectivity index (χ0v) is 15.4. The molecule has 6 nitrogen and oxygen atoms in total. The van der Waals surface area contributed by atoms with E-state index in [9.17, 15) is 12.8 Å². The summed E-state index contributed by atoms with van der Waals surface area (Å²) >= 11 is 0. The molecule has 0 atom stereocenters. The van der Waals surface area contributed by atoms with Crippen molar-refractivity contribution in [1.29, 1.82) is 5.26 Å². The van der Waals surface area contributed by atoms with Crippen molar-refractivity contribution >= 4 is 34.8 Å². The fraction of sp³-hybridized carbons (Fsp3) is 0.500. The van der Waals surface area contributed by atoms with Gasteiger partial charge in [0, 0.05) is 32.7 Å². The van der Waals surface area contributed by atoms with Crippen LogP contribution in [0.3, 0.4) is 0 Å². The largest absolute Gasteiger partial charge is 0.314 e. The van der Waals surface area contributed by atoms with Gasteiger partial charge in [-0.3, -0.25) is 0 Å². The van der Waals surface area contributed by atoms with Crippen LogP contribution in [0.5, 0.6) is 0 Å². The van der Waals surface area contributed by atoms with E-state index in [1.165, 1.54) is 6.07 Å². The summed E-state index contributed by atoms with van der Waals surface area (Å²) in [5.74, 6) is -0.909. The molecule has 10 heteroatoms. The number of nitrogens with one attached hydrogen (secondary N) is 2. The molecule has 1 aliphatic rings. The summed E-state index contributed by atoms with van der Waals surface area (Å²) in [4.78, 5) is 1.83. The highest BCUT2D eigenvalue weighted by molar-refractivity contribution is 7.89. The molecule has 1 aliphatic heterocycles. The first-order chi connectivity index (χ1) is 10.5. The Kier molecular flexibility index (Phi) is 10.4. The van der Waals surface area contributed by atoms with Crippen LogP contribution in [0.15, 0.2) is 23.1 Å². The van der Waals surface area contributed by atoms with Gasteiger partial charge in [-0.25, -0.2) is 17.5 Å². The maximum absolute atomic E-state index is 13.7. The Morgan fingerprint density at radius 3 is 2.54 bits per heavy atom. The SMILES string of the molecule is Cl.Cl.N#Cc1ccc(S(=O)(=O)NCCCN2CCNCC2)c(F)c1. The zero-order chi connectivity index (χ0) is 16.0. The minimum atomic E-state index is -3.88. The number of sulfonamides is 1. The summed E-state index contributed by atoms with van der Waals surface area (Å²) in [6, 6.07) is 5.10. The van der Waals surface area contributed by atoms with Crippen molar-refractivity contribution < 1.29 is 12.8 Å². The summed E-state index contributed by atoms with van der Waals surface area (Å²) < 4.78 is 40.2. The molecule has 0 unspecified atom stereocenters. The number of nitrogens with zero attached hydrogens (tertiary/aromatic N) is 2. The van der Waals surface area contributed by atoms with E-state index >= 15 is 0 Å². The molecular weight excluding hydrogens is 378 g/mol. The standard InChI is InChI=1S/C14H19FN4O2S.2ClH/c15-13-10-12(11-16)2-3-14(13)22(20,21)18-4-1-7-19-8-5-17-6-9-19;;/h2-3,10,17-18H,1,4-9H2;2*1H. The van der Waals surface area contributed by atoms with Crippen molar-refractivity contribution in [2.24, 2.45) is 0 Å². The molecule has 0 saturated carbocycles. The molecule has 0 aromatic heterocycles. The average molecular weight is 399 g/mol. The summed E-state index contributed by atoms with van der Waals surface area (Å²) in [7, 11) is -3.88. The number of halogens is 3. The van der Waals surface area contributed by atoms with Crippen LogP contribution in [0.25, 0.3) is 0 Å². The highest BCUT2D eigenvalue weighted by atomic mass is 35.5. The van der Waals surface area contributed by atoms with Gasteiger partial charge in [0.05, 0.1) is 11.6 Å². The van der Waals surface area contributed by atoms with Crippen LogP contribution in [-0.2, 0) is 10.0 Å². The number of hydrogen-bond acceptors (Lipinski definition) is 5. The van der Waals surface area contributed by atoms with Crippen LogP contribution in [0, 0.1) is 17.1 Å². The van der Waals surface area contributed by atoms with Gasteiger partial charge in [0.1, 0.15) is 10.7 Å². The van der Waals surface area contributed by atoms with E-state index in [-0.39, 0.29) is 36.9 Å². The lowest BCUT2D eigenvalue weighted by Crippen LogP contribution is -2.44. The van der Waals surface area contributed by atoms with Crippen molar-refractivity contribution in [1.82, 2.24) is 14.9 Å². The van der Waals surface area contributed by atoms with Crippen LogP contribution in [0.2, 0.25) is 0 Å². The number of nitriles is 1. The van der Waals surface area contributed by atoms with Crippen molar-refractivity contribution in [2.45, 2.75) is 11.3 Å². The molecule has 0 aliphatic carbocycles. The quantitative estimate of drug-likeness (QED) is 0.701. The molecule has 0 radical (unpaired) electrons. The van der Waals surface area contributed by atoms with Crippen LogP contribution in [0.1, 0.15) is 12.0 Å². The molecule has 1 fully saturated rings. The second-order valence-corrected chi connectivity index (χ2v) is 6.84. The Bertz CT molecular complexity index is 661. The maximum atomic E-state index is 13.7. The third-order valence-corrected chi connectivity index (χ3v) is 5.00. The van der Waals surface area contributed by atoms with Crippen molar-refractivity contribution in [3.8, 4) is 6.07 Å². The van der Waals surface area contributed by atoms with Gasteiger partial charge in [-0.15, -0.1) is 24.8 Å². The van der Waals surface area contributed by atoms with Gasteiger partial charge in [-0.05, 0) is 31.2 Å². The maximum Gasteiger partial charge on any atom is 0.243 e. The molecule has 0 amide bonds. The van der Waals surface area contributed by atoms with Crippen LogP contribution < -0.4 is 10.0 Å². The molecule has 0 spiro atoms. The lowest BCUT2D eigenvalue weighted by molar-refractivity contribution is 0.239. The Balaban J connectivity index is 0.00000264. The van der Waals surface area contributed by atoms with Crippen molar-refractivity contribution in [3.63, 3.8) is 0 Å². The van der Waals surface area contributed by atoms with Gasteiger partial charge >= 0.3 is 0 Å². The Morgan fingerprint density at radius 1 is 1.29 bits per heavy atom. The monoisotopic (exact) mass is 398 g/mol. The summed E-state index contributed by atoms with van der Waals surface area (Å²) in [6.45, 7) is 4.87. The van der Waals surface area contributed by atoms with Crippen LogP contribution in [0.4, 0.5) is 4.39 Å². The Hall–Kier alpha value is -0.950. The van der Waals surface area contributed by atoms with Crippen molar-refractivity contribution in [2.75, 3.05) is 39.3 Å². The predicted molar refractivity (Wildman–Crippen MR) is 94.7 cm³/mol. The topological polar surface area (TPSA) is 85.2 Å². The fourth-order valence-corrected chi connectivity index (χ4v) is 3.44. The van der Waals surface area contributed by atoms with E-state index in [2.05, 4.69) is 14.9 Å². The average Bonchev–Trinajstić information content (AvgIpc) is 2.52. The summed E-state index contributed by atoms with van der Waals surface area (Å²) in [5, 5.41) is 11.9. The van der Waals surface area contributed by atoms with Gasteiger partial charge in [-0.2, -0.15) is 5.26 Å². The fourth-order valence-electron chi connectivity index (χ4n) is 2.31. The Morgan fingerprint density at radius 2 is 1.96 bits per heavy atom. The van der Waals surface area contributed by atoms with Gasteiger partial charge in [-0.1, -0.05) is 0 Å². The number of benzene rings is 1. The zero-order valence-electron chi connectivity index (χ0n) is 13.0. The van der Waals surface area contributed by atoms with Gasteiger partial charge in [0.15, 0.2) is 0 Å². The molecule has 136 valence electrons. The highest BCUT2D eigenvalue weighted by Gasteiger charge is 2.19. The number of rotatable bonds is 6. The van der Waals surface area contributed by atoms with Crippen LogP contribution >= 0.6 is 24.8 Å². The molecule has 1 aromatic carbocycles. The first-order valence-electron chi connectivity index (χ1n) is 7.15. The number of piperazine rings is 1. The second-order valence-electron chi connectivity index (χ2n) is 5.10. The third kappa shape index (κ3) is 6.51. The van der Waals surface area contributed by atoms with E-state index in [4.69, 9.17) is 5.26 Å². The van der Waals surface area contributed by atoms with Gasteiger partial charge < -0.3 is 10.2 Å². The predicted octanol–water partition coefficient (Wildman–Crippen LogP) is 1.11. The lowest BCUT2D eigenvalue weighted by atomic mass is 10.2. The Labute approximate surface area is 154 Å². The first kappa shape index (κ1) is 23.1. The van der Waals surface area contributed by atoms with Crippen LogP contribution in [-0.4, -0.2) is 52.6 Å². The minimum absolute atomic E-state index is 0. The second kappa shape index (κ2) is 10.8. The summed E-state index contributed by atoms with van der Waals surface area (Å²) in [5.41, 5.74) is 0.0927. The van der Waals surface area contributed by atoms with E-state index in [1.807, 2.05) is 0 Å². The van der Waals surface area contributed by atoms with E-state index in [0.717, 1.165) is 44.9 Å². The van der Waals surface area contributed by atoms with E-state index < -0.39 is 20.7 Å². The number of hydrogen-bond donors (Lipinski definition) is 2. The van der Waals surface area contributed by atoms with E-state index in [0.29, 0.717) is 6.42 Å². The molecule has 2 N–H and O–H groups in total. The molecule has 2 rings (SSSR count). The lowest BCUT2D eigenvalue weighted by Gasteiger charge is -2.27. The molecule has 1 heterocycles. The smallest absolute Gasteiger partial charge is 0.243 e. The highest BCUT2D eigenvalue weighted by Crippen LogP contribution is 2.15.